The number of benzene rings is 2. The molecule has 2 aromatic rings. The Hall–Kier alpha value is -3.38. The number of hydrogen-bond donors (Lipinski definition) is 2. The van der Waals surface area contributed by atoms with Gasteiger partial charge in [0.2, 0.25) is 15.8 Å². The highest BCUT2D eigenvalue weighted by Crippen LogP contribution is 2.22. The molecule has 1 atom stereocenters. The molecule has 12 heteroatoms. The second-order valence-corrected chi connectivity index (χ2v) is 8.21. The number of nitrogens with one attached hydrogen (secondary N) is 2. The van der Waals surface area contributed by atoms with Crippen LogP contribution in [-0.2, 0) is 19.6 Å². The number of nitro benzene ring substituents is 1. The van der Waals surface area contributed by atoms with Crippen LogP contribution in [0.2, 0.25) is 0 Å². The van der Waals surface area contributed by atoms with Crippen molar-refractivity contribution >= 4 is 33.3 Å². The summed E-state index contributed by atoms with van der Waals surface area (Å²) in [5, 5.41) is 13.1. The van der Waals surface area contributed by atoms with Gasteiger partial charge in [-0.05, 0) is 43.7 Å². The lowest BCUT2D eigenvalue weighted by Crippen LogP contribution is -2.30. The standard InChI is InChI=1S/C19H20FN3O7S/c1-4-21-31(28,29)14-7-5-11(2)15(10-14)19(25)30-12(3)18(24)22-13-6-8-16(20)17(9-13)23(26)27/h5-10,12,21H,4H2,1-3H3,(H,22,24). The number of nitro groups is 1. The number of hydrogen-bond acceptors (Lipinski definition) is 7. The fourth-order valence-electron chi connectivity index (χ4n) is 2.51. The topological polar surface area (TPSA) is 145 Å². The van der Waals surface area contributed by atoms with Gasteiger partial charge in [-0.15, -0.1) is 0 Å². The fourth-order valence-corrected chi connectivity index (χ4v) is 3.58. The van der Waals surface area contributed by atoms with Crippen molar-refractivity contribution in [1.29, 1.82) is 0 Å². The number of aryl methyl sites for hydroxylation is 1. The number of amides is 1. The molecule has 0 spiro atoms. The van der Waals surface area contributed by atoms with E-state index in [9.17, 15) is 32.5 Å². The molecule has 31 heavy (non-hydrogen) atoms. The van der Waals surface area contributed by atoms with Gasteiger partial charge in [0, 0.05) is 18.3 Å². The highest BCUT2D eigenvalue weighted by Gasteiger charge is 2.23. The van der Waals surface area contributed by atoms with Crippen LogP contribution in [0.5, 0.6) is 0 Å². The molecule has 2 N–H and O–H groups in total. The van der Waals surface area contributed by atoms with Crippen LogP contribution >= 0.6 is 0 Å². The quantitative estimate of drug-likeness (QED) is 0.355. The van der Waals surface area contributed by atoms with Crippen LogP contribution in [0.4, 0.5) is 15.8 Å². The molecular formula is C19H20FN3O7S. The highest BCUT2D eigenvalue weighted by molar-refractivity contribution is 7.89. The van der Waals surface area contributed by atoms with Crippen LogP contribution in [0.3, 0.4) is 0 Å². The summed E-state index contributed by atoms with van der Waals surface area (Å²) in [4.78, 5) is 34.5. The van der Waals surface area contributed by atoms with E-state index in [0.29, 0.717) is 5.56 Å². The second-order valence-electron chi connectivity index (χ2n) is 6.44. The summed E-state index contributed by atoms with van der Waals surface area (Å²) < 4.78 is 45.1. The van der Waals surface area contributed by atoms with Crippen molar-refractivity contribution in [2.45, 2.75) is 31.8 Å². The van der Waals surface area contributed by atoms with Crippen LogP contribution in [-0.4, -0.2) is 37.9 Å². The summed E-state index contributed by atoms with van der Waals surface area (Å²) in [7, 11) is -3.81. The van der Waals surface area contributed by atoms with Gasteiger partial charge in [0.25, 0.3) is 5.91 Å². The van der Waals surface area contributed by atoms with Gasteiger partial charge in [0.1, 0.15) is 0 Å². The summed E-state index contributed by atoms with van der Waals surface area (Å²) in [6, 6.07) is 6.69. The lowest BCUT2D eigenvalue weighted by molar-refractivity contribution is -0.387. The summed E-state index contributed by atoms with van der Waals surface area (Å²) in [6.07, 6.45) is -1.33. The zero-order valence-electron chi connectivity index (χ0n) is 16.8. The number of nitrogens with zero attached hydrogens (tertiary/aromatic N) is 1. The lowest BCUT2D eigenvalue weighted by Gasteiger charge is -2.15. The molecular weight excluding hydrogens is 433 g/mol. The molecule has 10 nitrogen and oxygen atoms in total. The maximum atomic E-state index is 13.4. The average molecular weight is 453 g/mol. The normalized spacial score (nSPS) is 12.1. The number of sulfonamides is 1. The smallest absolute Gasteiger partial charge is 0.339 e. The van der Waals surface area contributed by atoms with Gasteiger partial charge in [-0.2, -0.15) is 4.39 Å². The van der Waals surface area contributed by atoms with Crippen LogP contribution in [0.25, 0.3) is 0 Å². The van der Waals surface area contributed by atoms with Crippen molar-refractivity contribution in [2.75, 3.05) is 11.9 Å². The first-order valence-electron chi connectivity index (χ1n) is 9.02. The van der Waals surface area contributed by atoms with Crippen molar-refractivity contribution < 1.29 is 32.1 Å². The van der Waals surface area contributed by atoms with Gasteiger partial charge < -0.3 is 10.1 Å². The summed E-state index contributed by atoms with van der Waals surface area (Å²) in [6.45, 7) is 4.61. The fraction of sp³-hybridized carbons (Fsp3) is 0.263. The number of rotatable bonds is 8. The van der Waals surface area contributed by atoms with E-state index in [1.807, 2.05) is 0 Å². The SMILES string of the molecule is CCNS(=O)(=O)c1ccc(C)c(C(=O)OC(C)C(=O)Nc2ccc(F)c([N+](=O)[O-])c2)c1. The maximum absolute atomic E-state index is 13.4. The van der Waals surface area contributed by atoms with Crippen molar-refractivity contribution in [2.24, 2.45) is 0 Å². The van der Waals surface area contributed by atoms with Gasteiger partial charge in [-0.1, -0.05) is 13.0 Å². The lowest BCUT2D eigenvalue weighted by atomic mass is 10.1. The van der Waals surface area contributed by atoms with Crippen molar-refractivity contribution in [1.82, 2.24) is 4.72 Å². The number of carbonyl (C=O) groups is 2. The van der Waals surface area contributed by atoms with E-state index in [-0.39, 0.29) is 22.7 Å². The number of halogens is 1. The van der Waals surface area contributed by atoms with Crippen LogP contribution in [0.15, 0.2) is 41.3 Å². The number of ether oxygens (including phenoxy) is 1. The van der Waals surface area contributed by atoms with E-state index in [2.05, 4.69) is 10.0 Å². The third kappa shape index (κ3) is 5.83. The Bertz CT molecular complexity index is 1140. The molecule has 0 bridgehead atoms. The predicted molar refractivity (Wildman–Crippen MR) is 109 cm³/mol. The molecule has 0 heterocycles. The van der Waals surface area contributed by atoms with E-state index in [1.54, 1.807) is 13.8 Å². The van der Waals surface area contributed by atoms with Crippen LogP contribution in [0, 0.1) is 22.9 Å². The molecule has 0 fully saturated rings. The molecule has 0 aliphatic rings. The first kappa shape index (κ1) is 23.9. The Labute approximate surface area is 177 Å². The zero-order valence-corrected chi connectivity index (χ0v) is 17.7. The Morgan fingerprint density at radius 2 is 1.90 bits per heavy atom. The van der Waals surface area contributed by atoms with E-state index < -0.39 is 44.4 Å². The third-order valence-corrected chi connectivity index (χ3v) is 5.68. The average Bonchev–Trinajstić information content (AvgIpc) is 2.69. The highest BCUT2D eigenvalue weighted by atomic mass is 32.2. The molecule has 2 rings (SSSR count). The molecule has 0 radical (unpaired) electrons. The molecule has 0 aliphatic heterocycles. The van der Waals surface area contributed by atoms with Gasteiger partial charge in [0.05, 0.1) is 15.4 Å². The summed E-state index contributed by atoms with van der Waals surface area (Å²) >= 11 is 0. The van der Waals surface area contributed by atoms with E-state index >= 15 is 0 Å². The minimum atomic E-state index is -3.81. The van der Waals surface area contributed by atoms with E-state index in [4.69, 9.17) is 4.74 Å². The van der Waals surface area contributed by atoms with Gasteiger partial charge in [-0.25, -0.2) is 17.9 Å². The monoisotopic (exact) mass is 453 g/mol. The van der Waals surface area contributed by atoms with Gasteiger partial charge >= 0.3 is 11.7 Å². The largest absolute Gasteiger partial charge is 0.449 e. The number of esters is 1. The Balaban J connectivity index is 2.16. The van der Waals surface area contributed by atoms with Gasteiger partial charge in [0.15, 0.2) is 6.10 Å². The minimum absolute atomic E-state index is 0.0453. The molecule has 2 aromatic carbocycles. The molecule has 0 saturated carbocycles. The number of carbonyl (C=O) groups excluding carboxylic acids is 2. The van der Waals surface area contributed by atoms with E-state index in [0.717, 1.165) is 24.3 Å². The van der Waals surface area contributed by atoms with Crippen LogP contribution in [0.1, 0.15) is 29.8 Å². The minimum Gasteiger partial charge on any atom is -0.449 e. The van der Waals surface area contributed by atoms with Crippen molar-refractivity contribution in [3.63, 3.8) is 0 Å². The summed E-state index contributed by atoms with van der Waals surface area (Å²) in [5.41, 5.74) is -0.494. The Morgan fingerprint density at radius 1 is 1.23 bits per heavy atom. The maximum Gasteiger partial charge on any atom is 0.339 e. The van der Waals surface area contributed by atoms with Crippen molar-refractivity contribution in [3.8, 4) is 0 Å². The third-order valence-electron chi connectivity index (χ3n) is 4.14. The van der Waals surface area contributed by atoms with Crippen molar-refractivity contribution in [3.05, 3.63) is 63.5 Å². The molecule has 0 saturated heterocycles. The molecule has 0 aliphatic carbocycles. The Morgan fingerprint density at radius 3 is 2.52 bits per heavy atom. The predicted octanol–water partition coefficient (Wildman–Crippen LogP) is 2.52. The molecule has 166 valence electrons. The Kier molecular flexibility index (Phi) is 7.41. The van der Waals surface area contributed by atoms with Gasteiger partial charge in [-0.3, -0.25) is 14.9 Å². The van der Waals surface area contributed by atoms with Crippen LogP contribution < -0.4 is 10.0 Å². The molecule has 1 amide bonds. The zero-order chi connectivity index (χ0) is 23.3. The second kappa shape index (κ2) is 9.62. The summed E-state index contributed by atoms with van der Waals surface area (Å²) in [5.74, 6) is -2.81. The first-order valence-corrected chi connectivity index (χ1v) is 10.5. The molecule has 1 unspecified atom stereocenters. The number of anilines is 1. The molecule has 0 aromatic heterocycles. The van der Waals surface area contributed by atoms with E-state index in [1.165, 1.54) is 19.1 Å². The first-order chi connectivity index (χ1) is 14.5.